The molecular formula is C12H23N. The van der Waals surface area contributed by atoms with Crippen molar-refractivity contribution < 1.29 is 0 Å². The van der Waals surface area contributed by atoms with Crippen LogP contribution in [0, 0.1) is 11.3 Å². The van der Waals surface area contributed by atoms with Crippen molar-refractivity contribution in [3.63, 3.8) is 0 Å². The predicted octanol–water partition coefficient (Wildman–Crippen LogP) is 2.91. The Bertz CT molecular complexity index is 194. The topological polar surface area (TPSA) is 3.24 Å². The van der Waals surface area contributed by atoms with Gasteiger partial charge in [-0.25, -0.2) is 0 Å². The number of likely N-dealkylation sites (tertiary alicyclic amines) is 1. The van der Waals surface area contributed by atoms with Crippen molar-refractivity contribution in [1.82, 2.24) is 4.90 Å². The Labute approximate surface area is 82.5 Å². The largest absolute Gasteiger partial charge is 0.298 e. The van der Waals surface area contributed by atoms with Gasteiger partial charge in [0.2, 0.25) is 0 Å². The predicted molar refractivity (Wildman–Crippen MR) is 56.8 cm³/mol. The van der Waals surface area contributed by atoms with Crippen LogP contribution >= 0.6 is 0 Å². The summed E-state index contributed by atoms with van der Waals surface area (Å²) in [5, 5.41) is 0. The van der Waals surface area contributed by atoms with Crippen molar-refractivity contribution in [2.24, 2.45) is 11.3 Å². The van der Waals surface area contributed by atoms with Gasteiger partial charge < -0.3 is 0 Å². The second-order valence-corrected chi connectivity index (χ2v) is 6.13. The Balaban J connectivity index is 1.90. The first-order valence-corrected chi connectivity index (χ1v) is 5.69. The monoisotopic (exact) mass is 181 g/mol. The van der Waals surface area contributed by atoms with Crippen LogP contribution in [-0.2, 0) is 0 Å². The van der Waals surface area contributed by atoms with E-state index in [1.54, 1.807) is 0 Å². The minimum Gasteiger partial charge on any atom is -0.298 e. The minimum absolute atomic E-state index is 0.389. The first-order valence-electron chi connectivity index (χ1n) is 5.69. The van der Waals surface area contributed by atoms with Gasteiger partial charge >= 0.3 is 0 Å². The molecule has 0 aromatic carbocycles. The summed E-state index contributed by atoms with van der Waals surface area (Å²) in [4.78, 5) is 2.64. The normalized spacial score (nSPS) is 33.7. The first-order chi connectivity index (χ1) is 5.94. The van der Waals surface area contributed by atoms with Crippen molar-refractivity contribution in [2.45, 2.75) is 52.5 Å². The van der Waals surface area contributed by atoms with Gasteiger partial charge in [0.05, 0.1) is 0 Å². The minimum atomic E-state index is 0.389. The summed E-state index contributed by atoms with van der Waals surface area (Å²) in [6, 6.07) is 0. The molecule has 1 unspecified atom stereocenters. The van der Waals surface area contributed by atoms with Gasteiger partial charge in [-0.3, -0.25) is 4.90 Å². The SMILES string of the molecule is CC1CC12CCN(C(C)(C)C)CC2. The molecule has 13 heavy (non-hydrogen) atoms. The van der Waals surface area contributed by atoms with E-state index in [2.05, 4.69) is 32.6 Å². The number of hydrogen-bond donors (Lipinski definition) is 0. The molecule has 2 rings (SSSR count). The standard InChI is InChI=1S/C12H23N/c1-10-9-12(10)5-7-13(8-6-12)11(2,3)4/h10H,5-9H2,1-4H3. The lowest BCUT2D eigenvalue weighted by molar-refractivity contribution is 0.0766. The van der Waals surface area contributed by atoms with Crippen molar-refractivity contribution in [2.75, 3.05) is 13.1 Å². The fourth-order valence-corrected chi connectivity index (χ4v) is 2.87. The highest BCUT2D eigenvalue weighted by Gasteiger charge is 2.52. The molecule has 0 aromatic rings. The summed E-state index contributed by atoms with van der Waals surface area (Å²) in [5.41, 5.74) is 1.18. The highest BCUT2D eigenvalue weighted by molar-refractivity contribution is 5.03. The molecule has 0 amide bonds. The third-order valence-corrected chi connectivity index (χ3v) is 4.31. The molecule has 2 aliphatic rings. The number of nitrogens with zero attached hydrogens (tertiary/aromatic N) is 1. The smallest absolute Gasteiger partial charge is 0.0125 e. The van der Waals surface area contributed by atoms with Crippen LogP contribution in [0.1, 0.15) is 47.0 Å². The lowest BCUT2D eigenvalue weighted by Gasteiger charge is -2.41. The van der Waals surface area contributed by atoms with Crippen LogP contribution in [0.2, 0.25) is 0 Å². The maximum Gasteiger partial charge on any atom is 0.0125 e. The van der Waals surface area contributed by atoms with Gasteiger partial charge in [-0.15, -0.1) is 0 Å². The quantitative estimate of drug-likeness (QED) is 0.555. The van der Waals surface area contributed by atoms with Crippen LogP contribution in [0.25, 0.3) is 0 Å². The number of rotatable bonds is 0. The fraction of sp³-hybridized carbons (Fsp3) is 1.00. The zero-order valence-electron chi connectivity index (χ0n) is 9.56. The van der Waals surface area contributed by atoms with E-state index in [-0.39, 0.29) is 0 Å². The van der Waals surface area contributed by atoms with E-state index in [0.29, 0.717) is 5.54 Å². The Morgan fingerprint density at radius 3 is 1.92 bits per heavy atom. The Hall–Kier alpha value is -0.0400. The molecule has 0 aromatic heterocycles. The lowest BCUT2D eigenvalue weighted by atomic mass is 9.89. The van der Waals surface area contributed by atoms with E-state index in [9.17, 15) is 0 Å². The lowest BCUT2D eigenvalue weighted by Crippen LogP contribution is -2.46. The molecule has 1 atom stereocenters. The third kappa shape index (κ3) is 1.63. The Kier molecular flexibility index (Phi) is 1.99. The average molecular weight is 181 g/mol. The maximum atomic E-state index is 2.64. The highest BCUT2D eigenvalue weighted by atomic mass is 15.2. The van der Waals surface area contributed by atoms with Crippen molar-refractivity contribution in [1.29, 1.82) is 0 Å². The molecule has 1 nitrogen and oxygen atoms in total. The Morgan fingerprint density at radius 2 is 1.62 bits per heavy atom. The van der Waals surface area contributed by atoms with Crippen LogP contribution in [-0.4, -0.2) is 23.5 Å². The molecule has 1 saturated carbocycles. The molecular weight excluding hydrogens is 158 g/mol. The van der Waals surface area contributed by atoms with Gasteiger partial charge in [0.25, 0.3) is 0 Å². The summed E-state index contributed by atoms with van der Waals surface area (Å²) in [7, 11) is 0. The molecule has 1 heteroatoms. The van der Waals surface area contributed by atoms with Crippen molar-refractivity contribution in [3.8, 4) is 0 Å². The van der Waals surface area contributed by atoms with Gasteiger partial charge in [-0.05, 0) is 64.5 Å². The van der Waals surface area contributed by atoms with Crippen LogP contribution in [0.5, 0.6) is 0 Å². The van der Waals surface area contributed by atoms with Gasteiger partial charge in [-0.1, -0.05) is 6.92 Å². The molecule has 1 spiro atoms. The molecule has 1 aliphatic carbocycles. The summed E-state index contributed by atoms with van der Waals surface area (Å²) < 4.78 is 0. The maximum absolute atomic E-state index is 2.64. The van der Waals surface area contributed by atoms with Crippen LogP contribution in [0.4, 0.5) is 0 Å². The van der Waals surface area contributed by atoms with E-state index in [0.717, 1.165) is 11.3 Å². The molecule has 76 valence electrons. The van der Waals surface area contributed by atoms with Gasteiger partial charge in [0, 0.05) is 5.54 Å². The van der Waals surface area contributed by atoms with E-state index in [1.807, 2.05) is 0 Å². The van der Waals surface area contributed by atoms with Crippen LogP contribution in [0.3, 0.4) is 0 Å². The van der Waals surface area contributed by atoms with Crippen LogP contribution in [0.15, 0.2) is 0 Å². The van der Waals surface area contributed by atoms with E-state index in [1.165, 1.54) is 32.4 Å². The van der Waals surface area contributed by atoms with Gasteiger partial charge in [-0.2, -0.15) is 0 Å². The molecule has 0 radical (unpaired) electrons. The average Bonchev–Trinajstić information content (AvgIpc) is 2.60. The second kappa shape index (κ2) is 2.73. The van der Waals surface area contributed by atoms with E-state index >= 15 is 0 Å². The zero-order valence-corrected chi connectivity index (χ0v) is 9.56. The highest BCUT2D eigenvalue weighted by Crippen LogP contribution is 2.59. The summed E-state index contributed by atoms with van der Waals surface area (Å²) in [6.07, 6.45) is 4.40. The molecule has 1 saturated heterocycles. The van der Waals surface area contributed by atoms with Crippen molar-refractivity contribution >= 4 is 0 Å². The third-order valence-electron chi connectivity index (χ3n) is 4.31. The fourth-order valence-electron chi connectivity index (χ4n) is 2.87. The van der Waals surface area contributed by atoms with Gasteiger partial charge in [0.15, 0.2) is 0 Å². The Morgan fingerprint density at radius 1 is 1.15 bits per heavy atom. The molecule has 0 bridgehead atoms. The second-order valence-electron chi connectivity index (χ2n) is 6.13. The summed E-state index contributed by atoms with van der Waals surface area (Å²) >= 11 is 0. The zero-order chi connectivity index (χ0) is 9.69. The van der Waals surface area contributed by atoms with Gasteiger partial charge in [0.1, 0.15) is 0 Å². The van der Waals surface area contributed by atoms with E-state index in [4.69, 9.17) is 0 Å². The number of hydrogen-bond acceptors (Lipinski definition) is 1. The molecule has 1 heterocycles. The molecule has 1 aliphatic heterocycles. The van der Waals surface area contributed by atoms with E-state index < -0.39 is 0 Å². The summed E-state index contributed by atoms with van der Waals surface area (Å²) in [6.45, 7) is 12.1. The number of piperidine rings is 1. The van der Waals surface area contributed by atoms with Crippen molar-refractivity contribution in [3.05, 3.63) is 0 Å². The molecule has 0 N–H and O–H groups in total. The molecule has 2 fully saturated rings. The van der Waals surface area contributed by atoms with Crippen LogP contribution < -0.4 is 0 Å². The first kappa shape index (κ1) is 9.51. The summed E-state index contributed by atoms with van der Waals surface area (Å²) in [5.74, 6) is 1.02.